The molecular formula is C13H10ClFO. The molecule has 0 saturated carbocycles. The zero-order valence-corrected chi connectivity index (χ0v) is 9.35. The van der Waals surface area contributed by atoms with E-state index in [0.29, 0.717) is 11.6 Å². The van der Waals surface area contributed by atoms with Gasteiger partial charge in [-0.15, -0.1) is 11.6 Å². The summed E-state index contributed by atoms with van der Waals surface area (Å²) >= 11 is 5.53. The summed E-state index contributed by atoms with van der Waals surface area (Å²) in [5, 5.41) is 0.738. The van der Waals surface area contributed by atoms with Crippen molar-refractivity contribution >= 4 is 22.6 Å². The molecular weight excluding hydrogens is 227 g/mol. The Hall–Kier alpha value is -1.46. The molecule has 0 aliphatic rings. The van der Waals surface area contributed by atoms with E-state index in [-0.39, 0.29) is 11.4 Å². The topological polar surface area (TPSA) is 13.1 Å². The van der Waals surface area contributed by atoms with Gasteiger partial charge < -0.3 is 4.42 Å². The van der Waals surface area contributed by atoms with Crippen LogP contribution in [0.1, 0.15) is 18.6 Å². The van der Waals surface area contributed by atoms with Crippen LogP contribution in [0.4, 0.5) is 4.39 Å². The molecule has 0 bridgehead atoms. The number of benzene rings is 1. The lowest BCUT2D eigenvalue weighted by Crippen LogP contribution is -1.72. The minimum atomic E-state index is -0.355. The molecule has 0 atom stereocenters. The van der Waals surface area contributed by atoms with Gasteiger partial charge in [0.2, 0.25) is 0 Å². The first-order valence-corrected chi connectivity index (χ1v) is 5.57. The molecule has 0 saturated heterocycles. The largest absolute Gasteiger partial charge is 0.445 e. The molecule has 0 N–H and O–H groups in total. The van der Waals surface area contributed by atoms with Gasteiger partial charge in [-0.25, -0.2) is 4.39 Å². The average Bonchev–Trinajstić information content (AvgIpc) is 2.69. The molecule has 1 nitrogen and oxygen atoms in total. The Bertz CT molecular complexity index is 548. The summed E-state index contributed by atoms with van der Waals surface area (Å²) in [5.41, 5.74) is 0.268. The predicted molar refractivity (Wildman–Crippen MR) is 63.0 cm³/mol. The molecule has 0 aliphatic carbocycles. The van der Waals surface area contributed by atoms with Gasteiger partial charge in [-0.05, 0) is 18.4 Å². The Kier molecular flexibility index (Phi) is 3.48. The fourth-order valence-electron chi connectivity index (χ4n) is 1.39. The molecule has 2 aromatic rings. The summed E-state index contributed by atoms with van der Waals surface area (Å²) in [6.45, 7) is 0. The van der Waals surface area contributed by atoms with Gasteiger partial charge in [0.1, 0.15) is 0 Å². The number of rotatable bonds is 2. The van der Waals surface area contributed by atoms with Gasteiger partial charge in [0, 0.05) is 23.8 Å². The van der Waals surface area contributed by atoms with Crippen molar-refractivity contribution in [2.75, 3.05) is 5.88 Å². The van der Waals surface area contributed by atoms with Gasteiger partial charge in [-0.1, -0.05) is 18.1 Å². The van der Waals surface area contributed by atoms with E-state index in [2.05, 4.69) is 11.8 Å². The van der Waals surface area contributed by atoms with Crippen LogP contribution in [-0.2, 0) is 0 Å². The van der Waals surface area contributed by atoms with Crippen molar-refractivity contribution in [3.63, 3.8) is 0 Å². The molecule has 0 aliphatic heterocycles. The Morgan fingerprint density at radius 3 is 3.00 bits per heavy atom. The van der Waals surface area contributed by atoms with Crippen molar-refractivity contribution < 1.29 is 8.81 Å². The van der Waals surface area contributed by atoms with Gasteiger partial charge in [-0.3, -0.25) is 0 Å². The van der Waals surface area contributed by atoms with Crippen LogP contribution in [0.25, 0.3) is 11.0 Å². The van der Waals surface area contributed by atoms with Gasteiger partial charge in [0.15, 0.2) is 17.2 Å². The first kappa shape index (κ1) is 11.0. The van der Waals surface area contributed by atoms with Gasteiger partial charge in [0.25, 0.3) is 0 Å². The van der Waals surface area contributed by atoms with E-state index < -0.39 is 0 Å². The highest BCUT2D eigenvalue weighted by Crippen LogP contribution is 2.21. The fraction of sp³-hybridized carbons (Fsp3) is 0.231. The second-order valence-corrected chi connectivity index (χ2v) is 3.74. The van der Waals surface area contributed by atoms with E-state index in [1.165, 1.54) is 6.07 Å². The average molecular weight is 237 g/mol. The number of para-hydroxylation sites is 1. The molecule has 16 heavy (non-hydrogen) atoms. The highest BCUT2D eigenvalue weighted by atomic mass is 35.5. The predicted octanol–water partition coefficient (Wildman–Crippen LogP) is 3.94. The monoisotopic (exact) mass is 236 g/mol. The Morgan fingerprint density at radius 2 is 2.25 bits per heavy atom. The van der Waals surface area contributed by atoms with Crippen LogP contribution in [-0.4, -0.2) is 5.88 Å². The third-order valence-electron chi connectivity index (χ3n) is 2.14. The van der Waals surface area contributed by atoms with E-state index in [9.17, 15) is 4.39 Å². The van der Waals surface area contributed by atoms with Gasteiger partial charge in [0.05, 0.1) is 0 Å². The van der Waals surface area contributed by atoms with E-state index in [1.807, 2.05) is 0 Å². The number of alkyl halides is 1. The summed E-state index contributed by atoms with van der Waals surface area (Å²) < 4.78 is 18.6. The van der Waals surface area contributed by atoms with Crippen LogP contribution >= 0.6 is 11.6 Å². The third-order valence-corrected chi connectivity index (χ3v) is 2.41. The van der Waals surface area contributed by atoms with E-state index in [4.69, 9.17) is 16.0 Å². The quantitative estimate of drug-likeness (QED) is 0.437. The van der Waals surface area contributed by atoms with Crippen LogP contribution in [0.15, 0.2) is 28.7 Å². The number of halogens is 2. The Labute approximate surface area is 98.2 Å². The smallest absolute Gasteiger partial charge is 0.178 e. The van der Waals surface area contributed by atoms with Crippen molar-refractivity contribution in [2.45, 2.75) is 12.8 Å². The highest BCUT2D eigenvalue weighted by molar-refractivity contribution is 6.17. The van der Waals surface area contributed by atoms with Crippen LogP contribution in [0.2, 0.25) is 0 Å². The van der Waals surface area contributed by atoms with E-state index >= 15 is 0 Å². The summed E-state index contributed by atoms with van der Waals surface area (Å²) in [7, 11) is 0. The number of unbranched alkanes of at least 4 members (excludes halogenated alkanes) is 1. The normalized spacial score (nSPS) is 10.1. The maximum atomic E-state index is 13.3. The first-order chi connectivity index (χ1) is 7.81. The minimum Gasteiger partial charge on any atom is -0.445 e. The summed E-state index contributed by atoms with van der Waals surface area (Å²) in [5.74, 6) is 6.53. The van der Waals surface area contributed by atoms with Gasteiger partial charge in [-0.2, -0.15) is 0 Å². The standard InChI is InChI=1S/C13H10ClFO/c14-8-3-1-2-6-11-9-10-5-4-7-12(15)13(10)16-11/h4-5,7,9H,1,3,8H2. The minimum absolute atomic E-state index is 0.268. The van der Waals surface area contributed by atoms with Crippen molar-refractivity contribution in [1.29, 1.82) is 0 Å². The number of hydrogen-bond donors (Lipinski definition) is 0. The van der Waals surface area contributed by atoms with Gasteiger partial charge >= 0.3 is 0 Å². The zero-order valence-electron chi connectivity index (χ0n) is 8.59. The second kappa shape index (κ2) is 5.05. The molecule has 3 heteroatoms. The summed E-state index contributed by atoms with van der Waals surface area (Å²) in [6.07, 6.45) is 1.58. The Morgan fingerprint density at radius 1 is 1.38 bits per heavy atom. The lowest BCUT2D eigenvalue weighted by Gasteiger charge is -1.87. The van der Waals surface area contributed by atoms with E-state index in [0.717, 1.165) is 18.2 Å². The van der Waals surface area contributed by atoms with E-state index in [1.54, 1.807) is 18.2 Å². The molecule has 2 rings (SSSR count). The summed E-state index contributed by atoms with van der Waals surface area (Å²) in [6, 6.07) is 6.56. The van der Waals surface area contributed by atoms with Crippen LogP contribution in [0, 0.1) is 17.7 Å². The highest BCUT2D eigenvalue weighted by Gasteiger charge is 2.05. The zero-order chi connectivity index (χ0) is 11.4. The number of furan rings is 1. The van der Waals surface area contributed by atoms with Crippen molar-refractivity contribution in [2.24, 2.45) is 0 Å². The molecule has 1 aromatic heterocycles. The molecule has 0 fully saturated rings. The fourth-order valence-corrected chi connectivity index (χ4v) is 1.53. The van der Waals surface area contributed by atoms with Crippen molar-refractivity contribution in [3.05, 3.63) is 35.8 Å². The number of fused-ring (bicyclic) bond motifs is 1. The second-order valence-electron chi connectivity index (χ2n) is 3.36. The molecule has 1 heterocycles. The van der Waals surface area contributed by atoms with Crippen molar-refractivity contribution in [3.8, 4) is 11.8 Å². The molecule has 0 unspecified atom stereocenters. The van der Waals surface area contributed by atoms with Crippen LogP contribution < -0.4 is 0 Å². The van der Waals surface area contributed by atoms with Crippen LogP contribution in [0.5, 0.6) is 0 Å². The molecule has 0 spiro atoms. The lowest BCUT2D eigenvalue weighted by molar-refractivity contribution is 0.552. The third kappa shape index (κ3) is 2.37. The molecule has 0 radical (unpaired) electrons. The Balaban J connectivity index is 2.25. The molecule has 1 aromatic carbocycles. The molecule has 82 valence electrons. The summed E-state index contributed by atoms with van der Waals surface area (Å²) in [4.78, 5) is 0. The lowest BCUT2D eigenvalue weighted by atomic mass is 10.2. The maximum Gasteiger partial charge on any atom is 0.178 e. The maximum absolute atomic E-state index is 13.3. The number of hydrogen-bond acceptors (Lipinski definition) is 1. The van der Waals surface area contributed by atoms with Crippen molar-refractivity contribution in [1.82, 2.24) is 0 Å². The SMILES string of the molecule is Fc1cccc2cc(C#CCCCCl)oc12. The first-order valence-electron chi connectivity index (χ1n) is 5.04. The van der Waals surface area contributed by atoms with Crippen LogP contribution in [0.3, 0.4) is 0 Å². The molecule has 0 amide bonds.